The monoisotopic (exact) mass is 356 g/mol. The van der Waals surface area contributed by atoms with Gasteiger partial charge in [-0.3, -0.25) is 0 Å². The number of ether oxygens (including phenoxy) is 2. The SMILES string of the molecule is O=S(=O)(CCc1ccc2c(c1)OC(F)(F)O2)Cc1cccc(O)c1. The van der Waals surface area contributed by atoms with E-state index in [1.807, 2.05) is 0 Å². The Balaban J connectivity index is 1.65. The minimum atomic E-state index is -3.69. The van der Waals surface area contributed by atoms with Gasteiger partial charge in [0.1, 0.15) is 5.75 Å². The van der Waals surface area contributed by atoms with Crippen molar-refractivity contribution in [2.24, 2.45) is 0 Å². The molecule has 5 nitrogen and oxygen atoms in total. The van der Waals surface area contributed by atoms with Crippen LogP contribution in [0.1, 0.15) is 11.1 Å². The molecule has 0 atom stereocenters. The minimum Gasteiger partial charge on any atom is -0.508 e. The standard InChI is InChI=1S/C16H14F2O5S/c17-16(18)22-14-5-4-11(9-15(14)23-16)6-7-24(20,21)10-12-2-1-3-13(19)8-12/h1-5,8-9,19H,6-7,10H2. The molecule has 0 amide bonds. The number of alkyl halides is 2. The molecule has 0 unspecified atom stereocenters. The highest BCUT2D eigenvalue weighted by molar-refractivity contribution is 7.90. The quantitative estimate of drug-likeness (QED) is 0.892. The van der Waals surface area contributed by atoms with Gasteiger partial charge in [0.05, 0.1) is 11.5 Å². The lowest BCUT2D eigenvalue weighted by molar-refractivity contribution is -0.286. The first-order valence-electron chi connectivity index (χ1n) is 7.10. The van der Waals surface area contributed by atoms with Crippen LogP contribution in [0.5, 0.6) is 17.2 Å². The highest BCUT2D eigenvalue weighted by Crippen LogP contribution is 2.41. The summed E-state index contributed by atoms with van der Waals surface area (Å²) in [4.78, 5) is 0. The van der Waals surface area contributed by atoms with Crippen LogP contribution in [0.2, 0.25) is 0 Å². The largest absolute Gasteiger partial charge is 0.586 e. The zero-order valence-corrected chi connectivity index (χ0v) is 13.2. The summed E-state index contributed by atoms with van der Waals surface area (Å²) in [5.41, 5.74) is 1.04. The van der Waals surface area contributed by atoms with Gasteiger partial charge in [0.25, 0.3) is 0 Å². The van der Waals surface area contributed by atoms with E-state index in [0.717, 1.165) is 0 Å². The first kappa shape index (κ1) is 16.5. The molecule has 0 aliphatic carbocycles. The third-order valence-corrected chi connectivity index (χ3v) is 5.06. The molecule has 0 fully saturated rings. The second-order valence-electron chi connectivity index (χ2n) is 5.46. The summed E-state index contributed by atoms with van der Waals surface area (Å²) in [6, 6.07) is 10.2. The van der Waals surface area contributed by atoms with Crippen molar-refractivity contribution in [3.63, 3.8) is 0 Å². The summed E-state index contributed by atoms with van der Waals surface area (Å²) in [5.74, 6) is -0.545. The predicted molar refractivity (Wildman–Crippen MR) is 81.9 cm³/mol. The average Bonchev–Trinajstić information content (AvgIpc) is 2.77. The van der Waals surface area contributed by atoms with Crippen LogP contribution < -0.4 is 9.47 Å². The van der Waals surface area contributed by atoms with E-state index in [0.29, 0.717) is 11.1 Å². The molecule has 1 N–H and O–H groups in total. The Morgan fingerprint density at radius 1 is 1.00 bits per heavy atom. The van der Waals surface area contributed by atoms with Crippen molar-refractivity contribution in [1.29, 1.82) is 0 Å². The Morgan fingerprint density at radius 2 is 1.75 bits per heavy atom. The molecule has 0 aromatic heterocycles. The van der Waals surface area contributed by atoms with Gasteiger partial charge in [0, 0.05) is 0 Å². The van der Waals surface area contributed by atoms with Crippen LogP contribution in [0.4, 0.5) is 8.78 Å². The van der Waals surface area contributed by atoms with Crippen molar-refractivity contribution in [2.45, 2.75) is 18.5 Å². The van der Waals surface area contributed by atoms with Crippen LogP contribution >= 0.6 is 0 Å². The fourth-order valence-electron chi connectivity index (χ4n) is 2.39. The summed E-state index contributed by atoms with van der Waals surface area (Å²) in [6.07, 6.45) is -3.54. The van der Waals surface area contributed by atoms with E-state index in [2.05, 4.69) is 9.47 Å². The van der Waals surface area contributed by atoms with Crippen LogP contribution in [0.15, 0.2) is 42.5 Å². The minimum absolute atomic E-state index is 0.000556. The molecule has 0 bridgehead atoms. The third kappa shape index (κ3) is 3.94. The lowest BCUT2D eigenvalue weighted by atomic mass is 10.1. The van der Waals surface area contributed by atoms with Crippen LogP contribution in [0, 0.1) is 0 Å². The summed E-state index contributed by atoms with van der Waals surface area (Å²) < 4.78 is 58.9. The van der Waals surface area contributed by atoms with Crippen molar-refractivity contribution >= 4 is 9.84 Å². The molecule has 0 spiro atoms. The lowest BCUT2D eigenvalue weighted by Crippen LogP contribution is -2.25. The number of sulfone groups is 1. The Kier molecular flexibility index (Phi) is 4.08. The summed E-state index contributed by atoms with van der Waals surface area (Å²) in [5, 5.41) is 9.37. The maximum Gasteiger partial charge on any atom is 0.586 e. The van der Waals surface area contributed by atoms with Crippen molar-refractivity contribution in [2.75, 3.05) is 5.75 Å². The smallest absolute Gasteiger partial charge is 0.508 e. The van der Waals surface area contributed by atoms with Crippen LogP contribution in [0.3, 0.4) is 0 Å². The molecular formula is C16H14F2O5S. The number of aryl methyl sites for hydroxylation is 1. The van der Waals surface area contributed by atoms with E-state index >= 15 is 0 Å². The Labute approximate surface area is 137 Å². The van der Waals surface area contributed by atoms with Gasteiger partial charge in [0.2, 0.25) is 0 Å². The van der Waals surface area contributed by atoms with Gasteiger partial charge >= 0.3 is 6.29 Å². The molecule has 1 heterocycles. The zero-order chi connectivity index (χ0) is 17.4. The molecule has 24 heavy (non-hydrogen) atoms. The van der Waals surface area contributed by atoms with E-state index < -0.39 is 16.1 Å². The number of hydrogen-bond acceptors (Lipinski definition) is 5. The Hall–Kier alpha value is -2.35. The van der Waals surface area contributed by atoms with Crippen molar-refractivity contribution in [3.8, 4) is 17.2 Å². The highest BCUT2D eigenvalue weighted by atomic mass is 32.2. The number of phenolic OH excluding ortho intramolecular Hbond substituents is 1. The number of hydrogen-bond donors (Lipinski definition) is 1. The number of rotatable bonds is 5. The van der Waals surface area contributed by atoms with E-state index in [1.165, 1.54) is 30.3 Å². The fourth-order valence-corrected chi connectivity index (χ4v) is 3.77. The number of halogens is 2. The second-order valence-corrected chi connectivity index (χ2v) is 7.64. The van der Waals surface area contributed by atoms with Gasteiger partial charge in [0.15, 0.2) is 21.3 Å². The molecule has 128 valence electrons. The van der Waals surface area contributed by atoms with Gasteiger partial charge in [-0.15, -0.1) is 8.78 Å². The maximum absolute atomic E-state index is 13.0. The van der Waals surface area contributed by atoms with Gasteiger partial charge in [-0.25, -0.2) is 8.42 Å². The number of fused-ring (bicyclic) bond motifs is 1. The topological polar surface area (TPSA) is 72.8 Å². The molecule has 1 aliphatic rings. The maximum atomic E-state index is 13.0. The predicted octanol–water partition coefficient (Wildman–Crippen LogP) is 2.87. The number of phenols is 1. The molecule has 2 aromatic carbocycles. The van der Waals surface area contributed by atoms with Gasteiger partial charge in [-0.1, -0.05) is 18.2 Å². The fraction of sp³-hybridized carbons (Fsp3) is 0.250. The van der Waals surface area contributed by atoms with E-state index in [1.54, 1.807) is 12.1 Å². The van der Waals surface area contributed by atoms with Gasteiger partial charge in [-0.05, 0) is 41.8 Å². The lowest BCUT2D eigenvalue weighted by Gasteiger charge is -2.06. The second kappa shape index (κ2) is 5.94. The molecule has 1 aliphatic heterocycles. The summed E-state index contributed by atoms with van der Waals surface area (Å²) in [6.45, 7) is 0. The highest BCUT2D eigenvalue weighted by Gasteiger charge is 2.43. The van der Waals surface area contributed by atoms with Crippen LogP contribution in [-0.2, 0) is 22.0 Å². The van der Waals surface area contributed by atoms with Crippen molar-refractivity contribution in [1.82, 2.24) is 0 Å². The van der Waals surface area contributed by atoms with E-state index in [-0.39, 0.29) is 35.2 Å². The molecular weight excluding hydrogens is 342 g/mol. The Morgan fingerprint density at radius 3 is 2.50 bits per heavy atom. The third-order valence-electron chi connectivity index (χ3n) is 3.46. The first-order chi connectivity index (χ1) is 11.2. The van der Waals surface area contributed by atoms with Crippen LogP contribution in [0.25, 0.3) is 0 Å². The molecule has 2 aromatic rings. The summed E-state index contributed by atoms with van der Waals surface area (Å²) in [7, 11) is -3.42. The average molecular weight is 356 g/mol. The van der Waals surface area contributed by atoms with Gasteiger partial charge in [-0.2, -0.15) is 0 Å². The van der Waals surface area contributed by atoms with Crippen molar-refractivity contribution < 1.29 is 31.8 Å². The summed E-state index contributed by atoms with van der Waals surface area (Å²) >= 11 is 0. The van der Waals surface area contributed by atoms with E-state index in [4.69, 9.17) is 0 Å². The van der Waals surface area contributed by atoms with Crippen LogP contribution in [-0.4, -0.2) is 25.6 Å². The van der Waals surface area contributed by atoms with Gasteiger partial charge < -0.3 is 14.6 Å². The molecule has 0 saturated carbocycles. The zero-order valence-electron chi connectivity index (χ0n) is 12.4. The molecule has 0 saturated heterocycles. The van der Waals surface area contributed by atoms with E-state index in [9.17, 15) is 22.3 Å². The molecule has 0 radical (unpaired) electrons. The normalized spacial score (nSPS) is 15.4. The number of aromatic hydroxyl groups is 1. The van der Waals surface area contributed by atoms with Crippen molar-refractivity contribution in [3.05, 3.63) is 53.6 Å². The first-order valence-corrected chi connectivity index (χ1v) is 8.92. The Bertz CT molecular complexity index is 865. The molecule has 3 rings (SSSR count). The molecule has 8 heteroatoms. The number of benzene rings is 2.